The van der Waals surface area contributed by atoms with Gasteiger partial charge in [0, 0.05) is 16.2 Å². The number of hydrogen-bond acceptors (Lipinski definition) is 7. The zero-order valence-electron chi connectivity index (χ0n) is 10.8. The highest BCUT2D eigenvalue weighted by molar-refractivity contribution is 9.10. The minimum absolute atomic E-state index is 0.139. The monoisotopic (exact) mass is 368 g/mol. The van der Waals surface area contributed by atoms with Gasteiger partial charge in [-0.15, -0.1) is 0 Å². The fourth-order valence-electron chi connectivity index (χ4n) is 1.48. The molecule has 1 aromatic carbocycles. The molecular weight excluding hydrogens is 356 g/mol. The van der Waals surface area contributed by atoms with Crippen molar-refractivity contribution >= 4 is 56.6 Å². The lowest BCUT2D eigenvalue weighted by molar-refractivity contribution is -0.113. The Bertz CT molecular complexity index is 661. The lowest BCUT2D eigenvalue weighted by Gasteiger charge is -2.08. The van der Waals surface area contributed by atoms with Gasteiger partial charge in [0.05, 0.1) is 11.4 Å². The van der Waals surface area contributed by atoms with E-state index in [9.17, 15) is 4.79 Å². The number of thioether (sulfide) groups is 1. The molecule has 0 spiro atoms. The summed E-state index contributed by atoms with van der Waals surface area (Å²) in [6.07, 6.45) is 0. The van der Waals surface area contributed by atoms with E-state index in [0.717, 1.165) is 11.8 Å². The number of nitrogen functional groups attached to an aromatic ring is 3. The second kappa shape index (κ2) is 6.64. The molecule has 1 heterocycles. The minimum Gasteiger partial charge on any atom is -0.399 e. The van der Waals surface area contributed by atoms with E-state index in [2.05, 4.69) is 31.2 Å². The van der Waals surface area contributed by atoms with Gasteiger partial charge in [0.25, 0.3) is 0 Å². The van der Waals surface area contributed by atoms with E-state index in [1.54, 1.807) is 18.2 Å². The molecule has 9 heteroatoms. The first-order valence-corrected chi connectivity index (χ1v) is 7.59. The number of nitrogens with one attached hydrogen (secondary N) is 1. The van der Waals surface area contributed by atoms with Gasteiger partial charge >= 0.3 is 0 Å². The van der Waals surface area contributed by atoms with E-state index >= 15 is 0 Å². The third-order valence-electron chi connectivity index (χ3n) is 2.34. The van der Waals surface area contributed by atoms with Crippen molar-refractivity contribution < 1.29 is 4.79 Å². The summed E-state index contributed by atoms with van der Waals surface area (Å²) in [4.78, 5) is 19.9. The Morgan fingerprint density at radius 1 is 1.19 bits per heavy atom. The lowest BCUT2D eigenvalue weighted by Crippen LogP contribution is -2.15. The molecule has 7 N–H and O–H groups in total. The Labute approximate surface area is 133 Å². The number of amides is 1. The highest BCUT2D eigenvalue weighted by Gasteiger charge is 2.09. The first-order chi connectivity index (χ1) is 9.94. The summed E-state index contributed by atoms with van der Waals surface area (Å²) in [5, 5.41) is 3.12. The molecule has 110 valence electrons. The maximum absolute atomic E-state index is 11.9. The fraction of sp³-hybridized carbons (Fsp3) is 0.0833. The zero-order valence-corrected chi connectivity index (χ0v) is 13.2. The van der Waals surface area contributed by atoms with Gasteiger partial charge in [-0.2, -0.15) is 0 Å². The molecule has 0 aliphatic rings. The molecule has 0 aliphatic heterocycles. The molecular formula is C12H13BrN6OS. The van der Waals surface area contributed by atoms with E-state index in [0.29, 0.717) is 21.0 Å². The third kappa shape index (κ3) is 4.50. The van der Waals surface area contributed by atoms with Crippen LogP contribution in [-0.2, 0) is 4.79 Å². The van der Waals surface area contributed by atoms with Crippen molar-refractivity contribution in [1.82, 2.24) is 9.97 Å². The Kier molecular flexibility index (Phi) is 4.86. The molecule has 0 fully saturated rings. The van der Waals surface area contributed by atoms with Crippen LogP contribution >= 0.6 is 27.7 Å². The first kappa shape index (κ1) is 15.4. The quantitative estimate of drug-likeness (QED) is 0.366. The van der Waals surface area contributed by atoms with Gasteiger partial charge < -0.3 is 22.5 Å². The van der Waals surface area contributed by atoms with Crippen LogP contribution in [0.5, 0.6) is 0 Å². The van der Waals surface area contributed by atoms with Gasteiger partial charge in [0.2, 0.25) is 5.91 Å². The van der Waals surface area contributed by atoms with Crippen molar-refractivity contribution in [2.75, 3.05) is 28.3 Å². The highest BCUT2D eigenvalue weighted by Crippen LogP contribution is 2.25. The summed E-state index contributed by atoms with van der Waals surface area (Å²) >= 11 is 4.48. The number of carbonyl (C=O) groups excluding carboxylic acids is 1. The predicted molar refractivity (Wildman–Crippen MR) is 88.8 cm³/mol. The molecule has 0 atom stereocenters. The van der Waals surface area contributed by atoms with Gasteiger partial charge in [0.15, 0.2) is 5.16 Å². The standard InChI is InChI=1S/C12H13BrN6OS/c13-7-3-6(14)1-2-8(7)17-11(20)5-21-12-18-9(15)4-10(16)19-12/h1-4H,5,14H2,(H,17,20)(H4,15,16,18,19). The summed E-state index contributed by atoms with van der Waals surface area (Å²) in [5.41, 5.74) is 18.0. The molecule has 21 heavy (non-hydrogen) atoms. The van der Waals surface area contributed by atoms with Crippen molar-refractivity contribution in [1.29, 1.82) is 0 Å². The van der Waals surface area contributed by atoms with E-state index in [1.165, 1.54) is 6.07 Å². The van der Waals surface area contributed by atoms with E-state index < -0.39 is 0 Å². The Hall–Kier alpha value is -2.00. The smallest absolute Gasteiger partial charge is 0.234 e. The zero-order chi connectivity index (χ0) is 15.4. The maximum Gasteiger partial charge on any atom is 0.234 e. The summed E-state index contributed by atoms with van der Waals surface area (Å²) < 4.78 is 0.713. The topological polar surface area (TPSA) is 133 Å². The van der Waals surface area contributed by atoms with Gasteiger partial charge in [-0.25, -0.2) is 9.97 Å². The Morgan fingerprint density at radius 2 is 1.86 bits per heavy atom. The molecule has 7 nitrogen and oxygen atoms in total. The van der Waals surface area contributed by atoms with Crippen molar-refractivity contribution in [3.63, 3.8) is 0 Å². The van der Waals surface area contributed by atoms with E-state index in [4.69, 9.17) is 17.2 Å². The molecule has 0 radical (unpaired) electrons. The molecule has 1 aromatic heterocycles. The number of nitrogens with zero attached hydrogens (tertiary/aromatic N) is 2. The number of halogens is 1. The largest absolute Gasteiger partial charge is 0.399 e. The van der Waals surface area contributed by atoms with Crippen molar-refractivity contribution in [2.45, 2.75) is 5.16 Å². The molecule has 2 aromatic rings. The average Bonchev–Trinajstić information content (AvgIpc) is 2.39. The first-order valence-electron chi connectivity index (χ1n) is 5.82. The van der Waals surface area contributed by atoms with Crippen LogP contribution in [0.1, 0.15) is 0 Å². The van der Waals surface area contributed by atoms with Crippen molar-refractivity contribution in [3.8, 4) is 0 Å². The van der Waals surface area contributed by atoms with Crippen LogP contribution in [0, 0.1) is 0 Å². The predicted octanol–water partition coefficient (Wildman–Crippen LogP) is 1.72. The van der Waals surface area contributed by atoms with Crippen LogP contribution in [0.2, 0.25) is 0 Å². The fourth-order valence-corrected chi connectivity index (χ4v) is 2.64. The number of hydrogen-bond donors (Lipinski definition) is 4. The normalized spacial score (nSPS) is 10.3. The Morgan fingerprint density at radius 3 is 2.48 bits per heavy atom. The number of aromatic nitrogens is 2. The number of carbonyl (C=O) groups is 1. The molecule has 0 unspecified atom stereocenters. The molecule has 2 rings (SSSR count). The van der Waals surface area contributed by atoms with Crippen molar-refractivity contribution in [2.24, 2.45) is 0 Å². The third-order valence-corrected chi connectivity index (χ3v) is 3.85. The van der Waals surface area contributed by atoms with Gasteiger partial charge in [-0.3, -0.25) is 4.79 Å². The summed E-state index contributed by atoms with van der Waals surface area (Å²) in [6.45, 7) is 0. The molecule has 0 saturated carbocycles. The van der Waals surface area contributed by atoms with Crippen LogP contribution in [0.4, 0.5) is 23.0 Å². The van der Waals surface area contributed by atoms with Gasteiger partial charge in [-0.05, 0) is 34.1 Å². The number of nitrogens with two attached hydrogens (primary N) is 3. The van der Waals surface area contributed by atoms with Gasteiger partial charge in [0.1, 0.15) is 11.6 Å². The van der Waals surface area contributed by atoms with E-state index in [1.807, 2.05) is 0 Å². The molecule has 0 bridgehead atoms. The molecule has 1 amide bonds. The van der Waals surface area contributed by atoms with Crippen LogP contribution < -0.4 is 22.5 Å². The van der Waals surface area contributed by atoms with Crippen LogP contribution in [0.15, 0.2) is 33.9 Å². The summed E-state index contributed by atoms with van der Waals surface area (Å²) in [5.74, 6) is 0.480. The van der Waals surface area contributed by atoms with Crippen LogP contribution in [0.3, 0.4) is 0 Å². The van der Waals surface area contributed by atoms with Crippen LogP contribution in [-0.4, -0.2) is 21.6 Å². The summed E-state index contributed by atoms with van der Waals surface area (Å²) in [7, 11) is 0. The molecule has 0 saturated heterocycles. The summed E-state index contributed by atoms with van der Waals surface area (Å²) in [6, 6.07) is 6.59. The SMILES string of the molecule is Nc1ccc(NC(=O)CSc2nc(N)cc(N)n2)c(Br)c1. The number of benzene rings is 1. The highest BCUT2D eigenvalue weighted by atomic mass is 79.9. The maximum atomic E-state index is 11.9. The number of rotatable bonds is 4. The lowest BCUT2D eigenvalue weighted by atomic mass is 10.3. The van der Waals surface area contributed by atoms with Crippen LogP contribution in [0.25, 0.3) is 0 Å². The average molecular weight is 369 g/mol. The minimum atomic E-state index is -0.199. The molecule has 0 aliphatic carbocycles. The second-order valence-electron chi connectivity index (χ2n) is 4.08. The Balaban J connectivity index is 1.95. The number of anilines is 4. The van der Waals surface area contributed by atoms with Gasteiger partial charge in [-0.1, -0.05) is 11.8 Å². The second-order valence-corrected chi connectivity index (χ2v) is 5.87. The van der Waals surface area contributed by atoms with E-state index in [-0.39, 0.29) is 23.3 Å². The van der Waals surface area contributed by atoms with Crippen molar-refractivity contribution in [3.05, 3.63) is 28.7 Å².